The maximum absolute atomic E-state index is 4.21. The maximum atomic E-state index is 4.21. The Bertz CT molecular complexity index is 293. The molecule has 1 aromatic rings. The van der Waals surface area contributed by atoms with Crippen molar-refractivity contribution in [2.75, 3.05) is 27.2 Å². The molecule has 0 fully saturated rings. The van der Waals surface area contributed by atoms with Gasteiger partial charge in [-0.05, 0) is 40.0 Å². The van der Waals surface area contributed by atoms with E-state index in [4.69, 9.17) is 0 Å². The molecule has 4 heteroatoms. The van der Waals surface area contributed by atoms with Crippen molar-refractivity contribution in [2.45, 2.75) is 25.8 Å². The van der Waals surface area contributed by atoms with Gasteiger partial charge in [0, 0.05) is 24.8 Å². The summed E-state index contributed by atoms with van der Waals surface area (Å²) in [5.41, 5.74) is 1.29. The average molecular weight is 224 g/mol. The van der Waals surface area contributed by atoms with Crippen LogP contribution in [0.2, 0.25) is 0 Å². The van der Waals surface area contributed by atoms with Gasteiger partial charge in [0.2, 0.25) is 0 Å². The summed E-state index contributed by atoms with van der Waals surface area (Å²) in [6.45, 7) is 4.40. The van der Waals surface area contributed by atoms with Crippen LogP contribution in [0.15, 0.2) is 12.4 Å². The lowest BCUT2D eigenvalue weighted by atomic mass is 10.1. The lowest BCUT2D eigenvalue weighted by molar-refractivity contribution is 0.385. The molecule has 1 rings (SSSR count). The van der Waals surface area contributed by atoms with Gasteiger partial charge >= 0.3 is 0 Å². The summed E-state index contributed by atoms with van der Waals surface area (Å²) < 4.78 is 1.86. The van der Waals surface area contributed by atoms with Gasteiger partial charge in [-0.25, -0.2) is 0 Å². The molecule has 0 radical (unpaired) electrons. The summed E-state index contributed by atoms with van der Waals surface area (Å²) in [7, 11) is 6.18. The zero-order valence-corrected chi connectivity index (χ0v) is 10.9. The number of nitrogens with one attached hydrogen (secondary N) is 1. The SMILES string of the molecule is CCC(NCCCN(C)C)c1cnn(C)c1. The first-order valence-corrected chi connectivity index (χ1v) is 6.00. The predicted molar refractivity (Wildman–Crippen MR) is 67.4 cm³/mol. The van der Waals surface area contributed by atoms with E-state index in [-0.39, 0.29) is 0 Å². The van der Waals surface area contributed by atoms with Crippen LogP contribution in [0.4, 0.5) is 0 Å². The van der Waals surface area contributed by atoms with Gasteiger partial charge in [-0.3, -0.25) is 4.68 Å². The minimum absolute atomic E-state index is 0.441. The van der Waals surface area contributed by atoms with Gasteiger partial charge in [0.25, 0.3) is 0 Å². The Morgan fingerprint density at radius 3 is 2.75 bits per heavy atom. The van der Waals surface area contributed by atoms with Gasteiger partial charge in [-0.1, -0.05) is 6.92 Å². The molecule has 0 amide bonds. The molecule has 0 aliphatic heterocycles. The van der Waals surface area contributed by atoms with E-state index in [1.165, 1.54) is 12.0 Å². The fourth-order valence-corrected chi connectivity index (χ4v) is 1.79. The van der Waals surface area contributed by atoms with E-state index >= 15 is 0 Å². The van der Waals surface area contributed by atoms with Gasteiger partial charge in [0.15, 0.2) is 0 Å². The van der Waals surface area contributed by atoms with Crippen molar-refractivity contribution in [3.05, 3.63) is 18.0 Å². The summed E-state index contributed by atoms with van der Waals surface area (Å²) >= 11 is 0. The van der Waals surface area contributed by atoms with Gasteiger partial charge in [-0.15, -0.1) is 0 Å². The van der Waals surface area contributed by atoms with Gasteiger partial charge in [-0.2, -0.15) is 5.10 Å². The molecule has 92 valence electrons. The first-order valence-electron chi connectivity index (χ1n) is 6.00. The Labute approximate surface area is 98.6 Å². The smallest absolute Gasteiger partial charge is 0.0537 e. The van der Waals surface area contributed by atoms with Crippen LogP contribution in [0, 0.1) is 0 Å². The molecule has 0 bridgehead atoms. The zero-order valence-electron chi connectivity index (χ0n) is 10.9. The van der Waals surface area contributed by atoms with Crippen LogP contribution in [-0.2, 0) is 7.05 Å². The number of nitrogens with zero attached hydrogens (tertiary/aromatic N) is 3. The van der Waals surface area contributed by atoms with E-state index in [1.807, 2.05) is 17.9 Å². The molecule has 1 unspecified atom stereocenters. The first-order chi connectivity index (χ1) is 7.63. The highest BCUT2D eigenvalue weighted by Gasteiger charge is 2.09. The van der Waals surface area contributed by atoms with Crippen molar-refractivity contribution in [1.29, 1.82) is 0 Å². The van der Waals surface area contributed by atoms with Gasteiger partial charge in [0.05, 0.1) is 6.20 Å². The third-order valence-corrected chi connectivity index (χ3v) is 2.71. The zero-order chi connectivity index (χ0) is 12.0. The first kappa shape index (κ1) is 13.2. The average Bonchev–Trinajstić information content (AvgIpc) is 2.64. The molecule has 1 N–H and O–H groups in total. The minimum Gasteiger partial charge on any atom is -0.310 e. The fraction of sp³-hybridized carbons (Fsp3) is 0.750. The second-order valence-electron chi connectivity index (χ2n) is 4.52. The highest BCUT2D eigenvalue weighted by Crippen LogP contribution is 2.14. The Balaban J connectivity index is 2.32. The molecule has 1 heterocycles. The van der Waals surface area contributed by atoms with E-state index in [1.54, 1.807) is 0 Å². The Hall–Kier alpha value is -0.870. The fourth-order valence-electron chi connectivity index (χ4n) is 1.79. The molecule has 4 nitrogen and oxygen atoms in total. The Morgan fingerprint density at radius 1 is 1.50 bits per heavy atom. The van der Waals surface area contributed by atoms with Crippen LogP contribution >= 0.6 is 0 Å². The molecule has 0 saturated heterocycles. The summed E-state index contributed by atoms with van der Waals surface area (Å²) in [6.07, 6.45) is 6.33. The van der Waals surface area contributed by atoms with Crippen LogP contribution in [0.5, 0.6) is 0 Å². The standard InChI is InChI=1S/C12H24N4/c1-5-12(11-9-14-16(4)10-11)13-7-6-8-15(2)3/h9-10,12-13H,5-8H2,1-4H3. The third-order valence-electron chi connectivity index (χ3n) is 2.71. The van der Waals surface area contributed by atoms with Crippen LogP contribution in [-0.4, -0.2) is 41.9 Å². The van der Waals surface area contributed by atoms with Crippen LogP contribution < -0.4 is 5.32 Å². The molecular formula is C12H24N4. The van der Waals surface area contributed by atoms with E-state index in [2.05, 4.69) is 42.5 Å². The molecule has 0 spiro atoms. The second kappa shape index (κ2) is 6.66. The molecule has 0 saturated carbocycles. The molecule has 0 aromatic carbocycles. The number of hydrogen-bond acceptors (Lipinski definition) is 3. The van der Waals surface area contributed by atoms with Crippen molar-refractivity contribution < 1.29 is 0 Å². The predicted octanol–water partition coefficient (Wildman–Crippen LogP) is 1.41. The lowest BCUT2D eigenvalue weighted by Crippen LogP contribution is -2.24. The highest BCUT2D eigenvalue weighted by atomic mass is 15.2. The topological polar surface area (TPSA) is 33.1 Å². The van der Waals surface area contributed by atoms with E-state index in [0.717, 1.165) is 19.5 Å². The van der Waals surface area contributed by atoms with Crippen molar-refractivity contribution in [2.24, 2.45) is 7.05 Å². The summed E-state index contributed by atoms with van der Waals surface area (Å²) in [5, 5.41) is 7.78. The van der Waals surface area contributed by atoms with Gasteiger partial charge in [0.1, 0.15) is 0 Å². The van der Waals surface area contributed by atoms with E-state index in [0.29, 0.717) is 6.04 Å². The summed E-state index contributed by atoms with van der Waals surface area (Å²) in [4.78, 5) is 2.21. The third kappa shape index (κ3) is 4.33. The van der Waals surface area contributed by atoms with E-state index in [9.17, 15) is 0 Å². The number of aryl methyl sites for hydroxylation is 1. The van der Waals surface area contributed by atoms with Gasteiger partial charge < -0.3 is 10.2 Å². The largest absolute Gasteiger partial charge is 0.310 e. The number of hydrogen-bond donors (Lipinski definition) is 1. The lowest BCUT2D eigenvalue weighted by Gasteiger charge is -2.16. The van der Waals surface area contributed by atoms with Crippen molar-refractivity contribution in [3.63, 3.8) is 0 Å². The molecule has 1 atom stereocenters. The quantitative estimate of drug-likeness (QED) is 0.711. The molecule has 1 aromatic heterocycles. The second-order valence-corrected chi connectivity index (χ2v) is 4.52. The number of rotatable bonds is 7. The summed E-state index contributed by atoms with van der Waals surface area (Å²) in [5.74, 6) is 0. The van der Waals surface area contributed by atoms with E-state index < -0.39 is 0 Å². The maximum Gasteiger partial charge on any atom is 0.0537 e. The monoisotopic (exact) mass is 224 g/mol. The van der Waals surface area contributed by atoms with Crippen molar-refractivity contribution >= 4 is 0 Å². The molecular weight excluding hydrogens is 200 g/mol. The molecule has 0 aliphatic carbocycles. The van der Waals surface area contributed by atoms with Crippen LogP contribution in [0.3, 0.4) is 0 Å². The van der Waals surface area contributed by atoms with Crippen LogP contribution in [0.25, 0.3) is 0 Å². The Kier molecular flexibility index (Phi) is 5.49. The Morgan fingerprint density at radius 2 is 2.25 bits per heavy atom. The number of aromatic nitrogens is 2. The molecule has 16 heavy (non-hydrogen) atoms. The van der Waals surface area contributed by atoms with Crippen molar-refractivity contribution in [3.8, 4) is 0 Å². The summed E-state index contributed by atoms with van der Waals surface area (Å²) in [6, 6.07) is 0.441. The normalized spacial score (nSPS) is 13.3. The van der Waals surface area contributed by atoms with Crippen molar-refractivity contribution in [1.82, 2.24) is 20.0 Å². The minimum atomic E-state index is 0.441. The van der Waals surface area contributed by atoms with Crippen LogP contribution in [0.1, 0.15) is 31.4 Å². The molecule has 0 aliphatic rings. The highest BCUT2D eigenvalue weighted by molar-refractivity contribution is 5.09.